The molecular weight excluding hydrogens is 485 g/mol. The lowest BCUT2D eigenvalue weighted by Crippen LogP contribution is -2.29. The Kier molecular flexibility index (Phi) is 5.52. The molecule has 0 atom stereocenters. The monoisotopic (exact) mass is 509 g/mol. The topological polar surface area (TPSA) is 86.4 Å². The van der Waals surface area contributed by atoms with Gasteiger partial charge < -0.3 is 4.98 Å². The minimum Gasteiger partial charge on any atom is -0.336 e. The highest BCUT2D eigenvalue weighted by atomic mass is 32.1. The van der Waals surface area contributed by atoms with Crippen LogP contribution < -0.4 is 0 Å². The van der Waals surface area contributed by atoms with E-state index < -0.39 is 0 Å². The van der Waals surface area contributed by atoms with Crippen molar-refractivity contribution < 1.29 is 4.39 Å². The van der Waals surface area contributed by atoms with Gasteiger partial charge in [-0.05, 0) is 61.1 Å². The van der Waals surface area contributed by atoms with E-state index in [1.807, 2.05) is 35.8 Å². The fourth-order valence-electron chi connectivity index (χ4n) is 5.19. The molecule has 184 valence electrons. The number of nitrogens with one attached hydrogen (secondary N) is 2. The van der Waals surface area contributed by atoms with Crippen molar-refractivity contribution in [3.63, 3.8) is 0 Å². The molecule has 1 saturated heterocycles. The largest absolute Gasteiger partial charge is 0.336 e. The van der Waals surface area contributed by atoms with E-state index in [1.165, 1.54) is 25.3 Å². The van der Waals surface area contributed by atoms with Crippen molar-refractivity contribution in [1.82, 2.24) is 35.0 Å². The Bertz CT molecular complexity index is 1710. The molecule has 0 aliphatic carbocycles. The summed E-state index contributed by atoms with van der Waals surface area (Å²) in [5, 5.41) is 12.3. The number of benzene rings is 1. The molecule has 7 nitrogen and oxygen atoms in total. The fraction of sp³-hybridized carbons (Fsp3) is 0.214. The highest BCUT2D eigenvalue weighted by Gasteiger charge is 2.19. The number of halogens is 1. The van der Waals surface area contributed by atoms with Gasteiger partial charge in [0.2, 0.25) is 0 Å². The lowest BCUT2D eigenvalue weighted by atomic mass is 10.0. The van der Waals surface area contributed by atoms with E-state index in [2.05, 4.69) is 35.4 Å². The molecule has 2 N–H and O–H groups in total. The third kappa shape index (κ3) is 4.10. The standard InChI is InChI=1S/C28H24FN7S/c29-22-12-24-21(11-20(22)19-10-17(13-30-14-19)15-36-7-2-1-3-8-36)26(35-34-24)28-32-23-4-6-31-25(27(23)33-28)18-5-9-37-16-18/h4-6,9-14,16H,1-3,7-8,15H2,(H,32,33)(H,34,35). The molecule has 6 heterocycles. The Balaban J connectivity index is 1.29. The molecule has 37 heavy (non-hydrogen) atoms. The zero-order valence-electron chi connectivity index (χ0n) is 20.0. The Morgan fingerprint density at radius 3 is 2.76 bits per heavy atom. The second kappa shape index (κ2) is 9.17. The van der Waals surface area contributed by atoms with Crippen LogP contribution in [0, 0.1) is 5.82 Å². The minimum absolute atomic E-state index is 0.312. The molecule has 9 heteroatoms. The van der Waals surface area contributed by atoms with Crippen LogP contribution in [0.2, 0.25) is 0 Å². The van der Waals surface area contributed by atoms with Gasteiger partial charge in [0.15, 0.2) is 5.82 Å². The maximum atomic E-state index is 15.3. The predicted octanol–water partition coefficient (Wildman–Crippen LogP) is 6.42. The van der Waals surface area contributed by atoms with Crippen LogP contribution in [0.15, 0.2) is 59.7 Å². The van der Waals surface area contributed by atoms with Gasteiger partial charge in [0.05, 0.1) is 16.7 Å². The molecule has 1 aromatic carbocycles. The number of aromatic nitrogens is 6. The average Bonchev–Trinajstić information content (AvgIpc) is 3.68. The summed E-state index contributed by atoms with van der Waals surface area (Å²) >= 11 is 1.62. The first-order chi connectivity index (χ1) is 18.2. The number of pyridine rings is 2. The lowest BCUT2D eigenvalue weighted by Gasteiger charge is -2.26. The SMILES string of the molecule is Fc1cc2[nH]nc(-c3nc4c(-c5ccsc5)nccc4[nH]3)c2cc1-c1cncc(CN2CCCCC2)c1. The van der Waals surface area contributed by atoms with E-state index in [1.54, 1.807) is 23.7 Å². The maximum Gasteiger partial charge on any atom is 0.159 e. The molecule has 6 aromatic rings. The molecule has 7 rings (SSSR count). The van der Waals surface area contributed by atoms with Crippen molar-refractivity contribution in [3.8, 4) is 33.9 Å². The van der Waals surface area contributed by atoms with Crippen molar-refractivity contribution in [2.45, 2.75) is 25.8 Å². The van der Waals surface area contributed by atoms with E-state index in [0.29, 0.717) is 22.6 Å². The molecule has 1 aliphatic rings. The molecule has 0 unspecified atom stereocenters. The van der Waals surface area contributed by atoms with Gasteiger partial charge in [-0.15, -0.1) is 0 Å². The number of hydrogen-bond acceptors (Lipinski definition) is 6. The Labute approximate surface area is 216 Å². The number of likely N-dealkylation sites (tertiary alicyclic amines) is 1. The molecule has 0 amide bonds. The number of piperidine rings is 1. The number of rotatable bonds is 5. The van der Waals surface area contributed by atoms with Gasteiger partial charge in [-0.25, -0.2) is 9.37 Å². The van der Waals surface area contributed by atoms with Crippen molar-refractivity contribution in [2.24, 2.45) is 0 Å². The number of nitrogens with zero attached hydrogens (tertiary/aromatic N) is 5. The summed E-state index contributed by atoms with van der Waals surface area (Å²) in [4.78, 5) is 19.7. The first kappa shape index (κ1) is 22.3. The Hall–Kier alpha value is -3.95. The average molecular weight is 510 g/mol. The van der Waals surface area contributed by atoms with Crippen LogP contribution in [-0.2, 0) is 6.54 Å². The normalized spacial score (nSPS) is 14.6. The van der Waals surface area contributed by atoms with Crippen LogP contribution >= 0.6 is 11.3 Å². The lowest BCUT2D eigenvalue weighted by molar-refractivity contribution is 0.220. The number of fused-ring (bicyclic) bond motifs is 2. The summed E-state index contributed by atoms with van der Waals surface area (Å²) in [6, 6.07) is 9.33. The first-order valence-corrected chi connectivity index (χ1v) is 13.4. The van der Waals surface area contributed by atoms with Gasteiger partial charge in [-0.2, -0.15) is 16.4 Å². The van der Waals surface area contributed by atoms with Gasteiger partial charge in [0.1, 0.15) is 17.0 Å². The third-order valence-corrected chi connectivity index (χ3v) is 7.71. The van der Waals surface area contributed by atoms with Crippen molar-refractivity contribution in [2.75, 3.05) is 13.1 Å². The smallest absolute Gasteiger partial charge is 0.159 e. The Morgan fingerprint density at radius 1 is 0.973 bits per heavy atom. The zero-order chi connectivity index (χ0) is 24.8. The van der Waals surface area contributed by atoms with E-state index >= 15 is 4.39 Å². The fourth-order valence-corrected chi connectivity index (χ4v) is 5.84. The third-order valence-electron chi connectivity index (χ3n) is 7.03. The highest BCUT2D eigenvalue weighted by Crippen LogP contribution is 2.34. The second-order valence-electron chi connectivity index (χ2n) is 9.52. The van der Waals surface area contributed by atoms with Crippen LogP contribution in [0.3, 0.4) is 0 Å². The highest BCUT2D eigenvalue weighted by molar-refractivity contribution is 7.08. The molecule has 0 radical (unpaired) electrons. The molecule has 1 fully saturated rings. The number of aromatic amines is 2. The van der Waals surface area contributed by atoms with E-state index in [0.717, 1.165) is 58.4 Å². The van der Waals surface area contributed by atoms with Gasteiger partial charge in [-0.1, -0.05) is 6.42 Å². The van der Waals surface area contributed by atoms with Crippen molar-refractivity contribution in [3.05, 3.63) is 71.1 Å². The summed E-state index contributed by atoms with van der Waals surface area (Å²) < 4.78 is 15.3. The predicted molar refractivity (Wildman–Crippen MR) is 145 cm³/mol. The number of thiophene rings is 1. The van der Waals surface area contributed by atoms with E-state index in [9.17, 15) is 0 Å². The van der Waals surface area contributed by atoms with Crippen LogP contribution in [0.1, 0.15) is 24.8 Å². The summed E-state index contributed by atoms with van der Waals surface area (Å²) in [5.74, 6) is 0.299. The molecule has 0 bridgehead atoms. The maximum absolute atomic E-state index is 15.3. The molecular formula is C28H24FN7S. The van der Waals surface area contributed by atoms with Crippen LogP contribution in [-0.4, -0.2) is 48.1 Å². The number of hydrogen-bond donors (Lipinski definition) is 2. The second-order valence-corrected chi connectivity index (χ2v) is 10.3. The minimum atomic E-state index is -0.312. The summed E-state index contributed by atoms with van der Waals surface area (Å²) in [5.41, 5.74) is 7.12. The van der Waals surface area contributed by atoms with Crippen LogP contribution in [0.5, 0.6) is 0 Å². The number of H-pyrrole nitrogens is 2. The van der Waals surface area contributed by atoms with Gasteiger partial charge >= 0.3 is 0 Å². The van der Waals surface area contributed by atoms with Crippen LogP contribution in [0.25, 0.3) is 55.8 Å². The number of imidazole rings is 1. The molecule has 5 aromatic heterocycles. The van der Waals surface area contributed by atoms with E-state index in [-0.39, 0.29) is 5.82 Å². The molecule has 0 spiro atoms. The van der Waals surface area contributed by atoms with Gasteiger partial charge in [0.25, 0.3) is 0 Å². The summed E-state index contributed by atoms with van der Waals surface area (Å²) in [7, 11) is 0. The summed E-state index contributed by atoms with van der Waals surface area (Å²) in [6.45, 7) is 3.04. The zero-order valence-corrected chi connectivity index (χ0v) is 20.9. The Morgan fingerprint density at radius 2 is 1.89 bits per heavy atom. The molecule has 1 aliphatic heterocycles. The van der Waals surface area contributed by atoms with Crippen molar-refractivity contribution in [1.29, 1.82) is 0 Å². The molecule has 0 saturated carbocycles. The quantitative estimate of drug-likeness (QED) is 0.280. The summed E-state index contributed by atoms with van der Waals surface area (Å²) in [6.07, 6.45) is 9.14. The van der Waals surface area contributed by atoms with Crippen molar-refractivity contribution >= 4 is 33.3 Å². The van der Waals surface area contributed by atoms with Gasteiger partial charge in [0, 0.05) is 58.7 Å². The van der Waals surface area contributed by atoms with E-state index in [4.69, 9.17) is 4.98 Å². The van der Waals surface area contributed by atoms with Gasteiger partial charge in [-0.3, -0.25) is 20.0 Å². The first-order valence-electron chi connectivity index (χ1n) is 12.4. The van der Waals surface area contributed by atoms with Crippen LogP contribution in [0.4, 0.5) is 4.39 Å².